The van der Waals surface area contributed by atoms with Gasteiger partial charge in [0.15, 0.2) is 0 Å². The molecule has 1 atom stereocenters. The number of methoxy groups -OCH3 is 1. The second-order valence-corrected chi connectivity index (χ2v) is 4.21. The molecule has 1 aromatic rings. The van der Waals surface area contributed by atoms with Crippen LogP contribution in [0.25, 0.3) is 0 Å². The zero-order valence-corrected chi connectivity index (χ0v) is 11.0. The van der Waals surface area contributed by atoms with E-state index < -0.39 is 6.10 Å². The molecule has 0 fully saturated rings. The van der Waals surface area contributed by atoms with E-state index in [2.05, 4.69) is 5.48 Å². The number of aliphatic hydroxyl groups is 1. The van der Waals surface area contributed by atoms with Gasteiger partial charge in [0, 0.05) is 22.7 Å². The zero-order chi connectivity index (χ0) is 12.7. The maximum atomic E-state index is 9.87. The fourth-order valence-corrected chi connectivity index (χ4v) is 1.64. The Morgan fingerprint density at radius 2 is 2.12 bits per heavy atom. The van der Waals surface area contributed by atoms with Crippen LogP contribution in [0.1, 0.15) is 11.7 Å². The van der Waals surface area contributed by atoms with Crippen LogP contribution in [0, 0.1) is 0 Å². The summed E-state index contributed by atoms with van der Waals surface area (Å²) in [6.07, 6.45) is -0.774. The Bertz CT molecular complexity index is 349. The minimum absolute atomic E-state index is 0.226. The van der Waals surface area contributed by atoms with E-state index in [1.807, 2.05) is 0 Å². The number of hydrogen-bond acceptors (Lipinski definition) is 4. The van der Waals surface area contributed by atoms with Gasteiger partial charge in [-0.2, -0.15) is 5.48 Å². The van der Waals surface area contributed by atoms with Gasteiger partial charge in [-0.25, -0.2) is 0 Å². The third kappa shape index (κ3) is 5.21. The summed E-state index contributed by atoms with van der Waals surface area (Å²) in [5.74, 6) is 0. The quantitative estimate of drug-likeness (QED) is 0.594. The molecule has 0 aliphatic rings. The molecule has 2 N–H and O–H groups in total. The molecule has 0 spiro atoms. The zero-order valence-electron chi connectivity index (χ0n) is 9.45. The molecular formula is C11H15Cl2NO3. The van der Waals surface area contributed by atoms with Crippen molar-refractivity contribution in [2.45, 2.75) is 6.10 Å². The first-order valence-electron chi connectivity index (χ1n) is 5.11. The lowest BCUT2D eigenvalue weighted by atomic mass is 10.1. The number of halogens is 2. The lowest BCUT2D eigenvalue weighted by Gasteiger charge is -2.13. The first-order chi connectivity index (χ1) is 8.15. The molecule has 0 bridgehead atoms. The third-order valence-electron chi connectivity index (χ3n) is 2.09. The van der Waals surface area contributed by atoms with Gasteiger partial charge in [-0.05, 0) is 18.2 Å². The summed E-state index contributed by atoms with van der Waals surface area (Å²) in [7, 11) is 1.59. The Balaban J connectivity index is 2.41. The van der Waals surface area contributed by atoms with Crippen LogP contribution in [0.2, 0.25) is 10.0 Å². The number of aliphatic hydroxyl groups excluding tert-OH is 1. The first-order valence-corrected chi connectivity index (χ1v) is 5.87. The van der Waals surface area contributed by atoms with Crippen LogP contribution in [0.4, 0.5) is 0 Å². The molecular weight excluding hydrogens is 265 g/mol. The maximum absolute atomic E-state index is 9.87. The van der Waals surface area contributed by atoms with Crippen molar-refractivity contribution < 1.29 is 14.7 Å². The molecule has 0 heterocycles. The number of rotatable bonds is 7. The summed E-state index contributed by atoms with van der Waals surface area (Å²) in [5.41, 5.74) is 3.20. The van der Waals surface area contributed by atoms with Crippen LogP contribution in [0.3, 0.4) is 0 Å². The van der Waals surface area contributed by atoms with Crippen molar-refractivity contribution in [2.24, 2.45) is 0 Å². The van der Waals surface area contributed by atoms with Gasteiger partial charge in [-0.3, -0.25) is 4.84 Å². The molecule has 0 amide bonds. The second kappa shape index (κ2) is 7.87. The summed E-state index contributed by atoms with van der Waals surface area (Å²) < 4.78 is 4.80. The minimum atomic E-state index is -0.774. The van der Waals surface area contributed by atoms with Crippen molar-refractivity contribution in [1.29, 1.82) is 0 Å². The molecule has 4 nitrogen and oxygen atoms in total. The van der Waals surface area contributed by atoms with Crippen LogP contribution in [-0.4, -0.2) is 32.0 Å². The van der Waals surface area contributed by atoms with Gasteiger partial charge in [-0.1, -0.05) is 23.2 Å². The Morgan fingerprint density at radius 1 is 1.35 bits per heavy atom. The largest absolute Gasteiger partial charge is 0.387 e. The van der Waals surface area contributed by atoms with E-state index in [1.165, 1.54) is 0 Å². The number of nitrogens with one attached hydrogen (secondary N) is 1. The normalized spacial score (nSPS) is 12.7. The summed E-state index contributed by atoms with van der Waals surface area (Å²) in [5, 5.41) is 10.9. The van der Waals surface area contributed by atoms with E-state index in [9.17, 15) is 5.11 Å². The van der Waals surface area contributed by atoms with Crippen molar-refractivity contribution in [1.82, 2.24) is 5.48 Å². The monoisotopic (exact) mass is 279 g/mol. The standard InChI is InChI=1S/C11H15Cl2NO3/c1-16-4-5-17-14-7-11(15)9-6-8(12)2-3-10(9)13/h2-3,6,11,14-15H,4-5,7H2,1H3. The lowest BCUT2D eigenvalue weighted by molar-refractivity contribution is -0.0112. The van der Waals surface area contributed by atoms with Crippen molar-refractivity contribution in [3.63, 3.8) is 0 Å². The molecule has 96 valence electrons. The summed E-state index contributed by atoms with van der Waals surface area (Å²) >= 11 is 11.8. The fraction of sp³-hybridized carbons (Fsp3) is 0.455. The van der Waals surface area contributed by atoms with E-state index in [1.54, 1.807) is 25.3 Å². The topological polar surface area (TPSA) is 50.7 Å². The molecule has 0 aromatic heterocycles. The number of hydroxylamine groups is 1. The Hall–Kier alpha value is -0.360. The molecule has 1 aromatic carbocycles. The van der Waals surface area contributed by atoms with Crippen molar-refractivity contribution in [3.05, 3.63) is 33.8 Å². The molecule has 1 unspecified atom stereocenters. The van der Waals surface area contributed by atoms with E-state index in [0.29, 0.717) is 28.8 Å². The maximum Gasteiger partial charge on any atom is 0.0952 e. The van der Waals surface area contributed by atoms with E-state index in [-0.39, 0.29) is 6.54 Å². The average molecular weight is 280 g/mol. The van der Waals surface area contributed by atoms with Gasteiger partial charge in [0.1, 0.15) is 0 Å². The Labute approximate surface area is 110 Å². The smallest absolute Gasteiger partial charge is 0.0952 e. The van der Waals surface area contributed by atoms with Crippen molar-refractivity contribution in [3.8, 4) is 0 Å². The highest BCUT2D eigenvalue weighted by Gasteiger charge is 2.11. The van der Waals surface area contributed by atoms with Gasteiger partial charge in [0.2, 0.25) is 0 Å². The average Bonchev–Trinajstić information content (AvgIpc) is 2.32. The predicted molar refractivity (Wildman–Crippen MR) is 67.3 cm³/mol. The Morgan fingerprint density at radius 3 is 2.82 bits per heavy atom. The first kappa shape index (κ1) is 14.7. The SMILES string of the molecule is COCCONCC(O)c1cc(Cl)ccc1Cl. The molecule has 0 aliphatic heterocycles. The predicted octanol–water partition coefficient (Wildman–Crippen LogP) is 2.19. The van der Waals surface area contributed by atoms with Gasteiger partial charge < -0.3 is 9.84 Å². The van der Waals surface area contributed by atoms with Gasteiger partial charge in [0.25, 0.3) is 0 Å². The van der Waals surface area contributed by atoms with Gasteiger partial charge in [0.05, 0.1) is 25.9 Å². The third-order valence-corrected chi connectivity index (χ3v) is 2.66. The highest BCUT2D eigenvalue weighted by atomic mass is 35.5. The van der Waals surface area contributed by atoms with Gasteiger partial charge >= 0.3 is 0 Å². The van der Waals surface area contributed by atoms with Crippen LogP contribution in [0.15, 0.2) is 18.2 Å². The summed E-state index contributed by atoms with van der Waals surface area (Å²) in [4.78, 5) is 5.03. The number of hydrogen-bond donors (Lipinski definition) is 2. The molecule has 6 heteroatoms. The molecule has 0 saturated heterocycles. The molecule has 0 aliphatic carbocycles. The van der Waals surface area contributed by atoms with Crippen LogP contribution in [0.5, 0.6) is 0 Å². The minimum Gasteiger partial charge on any atom is -0.387 e. The molecule has 1 rings (SSSR count). The fourth-order valence-electron chi connectivity index (χ4n) is 1.21. The lowest BCUT2D eigenvalue weighted by Crippen LogP contribution is -2.23. The van der Waals surface area contributed by atoms with Crippen LogP contribution >= 0.6 is 23.2 Å². The number of ether oxygens (including phenoxy) is 1. The second-order valence-electron chi connectivity index (χ2n) is 3.37. The van der Waals surface area contributed by atoms with Crippen molar-refractivity contribution >= 4 is 23.2 Å². The highest BCUT2D eigenvalue weighted by Crippen LogP contribution is 2.25. The summed E-state index contributed by atoms with van der Waals surface area (Å²) in [6.45, 7) is 1.12. The van der Waals surface area contributed by atoms with Crippen LogP contribution < -0.4 is 5.48 Å². The van der Waals surface area contributed by atoms with E-state index >= 15 is 0 Å². The van der Waals surface area contributed by atoms with Gasteiger partial charge in [-0.15, -0.1) is 0 Å². The molecule has 0 radical (unpaired) electrons. The van der Waals surface area contributed by atoms with E-state index in [4.69, 9.17) is 32.8 Å². The molecule has 0 saturated carbocycles. The summed E-state index contributed by atoms with van der Waals surface area (Å²) in [6, 6.07) is 4.95. The van der Waals surface area contributed by atoms with E-state index in [0.717, 1.165) is 0 Å². The van der Waals surface area contributed by atoms with Crippen LogP contribution in [-0.2, 0) is 9.57 Å². The Kier molecular flexibility index (Phi) is 6.80. The van der Waals surface area contributed by atoms with Crippen molar-refractivity contribution in [2.75, 3.05) is 26.9 Å². The molecule has 17 heavy (non-hydrogen) atoms. The highest BCUT2D eigenvalue weighted by molar-refractivity contribution is 6.33. The number of benzene rings is 1.